The Balaban J connectivity index is 2.60. The molecule has 5 heteroatoms. The fourth-order valence-electron chi connectivity index (χ4n) is 1.15. The molecule has 0 saturated carbocycles. The summed E-state index contributed by atoms with van der Waals surface area (Å²) < 4.78 is 18.7. The van der Waals surface area contributed by atoms with Crippen LogP contribution in [0.3, 0.4) is 0 Å². The average molecular weight is 276 g/mol. The fraction of sp³-hybridized carbons (Fsp3) is 0.417. The normalized spacial score (nSPS) is 11.3. The van der Waals surface area contributed by atoms with Gasteiger partial charge in [-0.05, 0) is 18.6 Å². The lowest BCUT2D eigenvalue weighted by molar-refractivity contribution is 0.260. The Morgan fingerprint density at radius 1 is 1.53 bits per heavy atom. The smallest absolute Gasteiger partial charge is 0.173 e. The van der Waals surface area contributed by atoms with Gasteiger partial charge in [-0.2, -0.15) is 0 Å². The lowest BCUT2D eigenvalue weighted by atomic mass is 9.90. The third kappa shape index (κ3) is 3.82. The van der Waals surface area contributed by atoms with Gasteiger partial charge in [0, 0.05) is 5.41 Å². The number of nitrogens with two attached hydrogens (primary N) is 1. The van der Waals surface area contributed by atoms with E-state index in [-0.39, 0.29) is 16.2 Å². The van der Waals surface area contributed by atoms with Crippen LogP contribution in [-0.2, 0) is 0 Å². The Hall–Kier alpha value is -0.870. The molecule has 2 N–H and O–H groups in total. The van der Waals surface area contributed by atoms with Gasteiger partial charge < -0.3 is 10.5 Å². The molecule has 0 aliphatic rings. The van der Waals surface area contributed by atoms with E-state index in [1.54, 1.807) is 6.07 Å². The molecule has 0 fully saturated rings. The summed E-state index contributed by atoms with van der Waals surface area (Å²) >= 11 is 10.8. The van der Waals surface area contributed by atoms with E-state index in [2.05, 4.69) is 0 Å². The molecule has 0 heterocycles. The van der Waals surface area contributed by atoms with Crippen LogP contribution < -0.4 is 10.5 Å². The SMILES string of the molecule is CC(C)(CCOc1c(F)cccc1Cl)C(N)=S. The van der Waals surface area contributed by atoms with E-state index in [1.165, 1.54) is 12.1 Å². The average Bonchev–Trinajstić information content (AvgIpc) is 2.22. The zero-order chi connectivity index (χ0) is 13.1. The standard InChI is InChI=1S/C12H15ClFNOS/c1-12(2,11(15)17)6-7-16-10-8(13)4-3-5-9(10)14/h3-5H,6-7H2,1-2H3,(H2,15,17). The minimum absolute atomic E-state index is 0.0768. The minimum Gasteiger partial charge on any atom is -0.489 e. The first-order chi connectivity index (χ1) is 7.84. The van der Waals surface area contributed by atoms with E-state index in [9.17, 15) is 4.39 Å². The highest BCUT2D eigenvalue weighted by atomic mass is 35.5. The first-order valence-electron chi connectivity index (χ1n) is 5.21. The molecule has 0 spiro atoms. The highest BCUT2D eigenvalue weighted by Gasteiger charge is 2.21. The Morgan fingerprint density at radius 3 is 2.71 bits per heavy atom. The van der Waals surface area contributed by atoms with Gasteiger partial charge in [0.05, 0.1) is 16.6 Å². The summed E-state index contributed by atoms with van der Waals surface area (Å²) in [5.41, 5.74) is 5.27. The van der Waals surface area contributed by atoms with E-state index < -0.39 is 5.82 Å². The Morgan fingerprint density at radius 2 is 2.18 bits per heavy atom. The Kier molecular flexibility index (Phi) is 4.71. The number of ether oxygens (including phenoxy) is 1. The van der Waals surface area contributed by atoms with Gasteiger partial charge in [0.15, 0.2) is 11.6 Å². The molecule has 0 atom stereocenters. The molecule has 0 amide bonds. The summed E-state index contributed by atoms with van der Waals surface area (Å²) in [6.45, 7) is 4.15. The van der Waals surface area contributed by atoms with Crippen LogP contribution >= 0.6 is 23.8 Å². The first-order valence-corrected chi connectivity index (χ1v) is 6.00. The van der Waals surface area contributed by atoms with Gasteiger partial charge in [-0.3, -0.25) is 0 Å². The van der Waals surface area contributed by atoms with Crippen molar-refractivity contribution >= 4 is 28.8 Å². The molecule has 0 aliphatic carbocycles. The van der Waals surface area contributed by atoms with Crippen LogP contribution in [0.25, 0.3) is 0 Å². The zero-order valence-corrected chi connectivity index (χ0v) is 11.4. The summed E-state index contributed by atoms with van der Waals surface area (Å²) in [6.07, 6.45) is 0.604. The maximum absolute atomic E-state index is 13.4. The van der Waals surface area contributed by atoms with E-state index in [4.69, 9.17) is 34.3 Å². The summed E-state index contributed by atoms with van der Waals surface area (Å²) in [6, 6.07) is 4.42. The molecule has 0 unspecified atom stereocenters. The molecule has 1 rings (SSSR count). The molecular weight excluding hydrogens is 261 g/mol. The van der Waals surface area contributed by atoms with Crippen LogP contribution in [-0.4, -0.2) is 11.6 Å². The Labute approximate surface area is 111 Å². The summed E-state index contributed by atoms with van der Waals surface area (Å²) in [7, 11) is 0. The number of hydrogen-bond donors (Lipinski definition) is 1. The maximum Gasteiger partial charge on any atom is 0.173 e. The number of halogens is 2. The topological polar surface area (TPSA) is 35.2 Å². The number of hydrogen-bond acceptors (Lipinski definition) is 2. The van der Waals surface area contributed by atoms with Crippen molar-refractivity contribution in [1.29, 1.82) is 0 Å². The predicted molar refractivity (Wildman–Crippen MR) is 72.1 cm³/mol. The van der Waals surface area contributed by atoms with Crippen molar-refractivity contribution in [3.8, 4) is 5.75 Å². The quantitative estimate of drug-likeness (QED) is 0.835. The van der Waals surface area contributed by atoms with Crippen molar-refractivity contribution < 1.29 is 9.13 Å². The Bertz CT molecular complexity index is 403. The number of benzene rings is 1. The van der Waals surface area contributed by atoms with E-state index in [0.29, 0.717) is 18.0 Å². The van der Waals surface area contributed by atoms with Gasteiger partial charge in [0.2, 0.25) is 0 Å². The second-order valence-electron chi connectivity index (χ2n) is 4.40. The lowest BCUT2D eigenvalue weighted by Gasteiger charge is -2.23. The second kappa shape index (κ2) is 5.65. The highest BCUT2D eigenvalue weighted by molar-refractivity contribution is 7.80. The van der Waals surface area contributed by atoms with E-state index >= 15 is 0 Å². The number of thiocarbonyl (C=S) groups is 1. The summed E-state index contributed by atoms with van der Waals surface area (Å²) in [5.74, 6) is -0.390. The van der Waals surface area contributed by atoms with Gasteiger partial charge in [-0.25, -0.2) is 4.39 Å². The minimum atomic E-state index is -0.467. The van der Waals surface area contributed by atoms with Crippen molar-refractivity contribution in [2.75, 3.05) is 6.61 Å². The number of para-hydroxylation sites is 1. The van der Waals surface area contributed by atoms with Gasteiger partial charge in [0.25, 0.3) is 0 Å². The van der Waals surface area contributed by atoms with Gasteiger partial charge in [0.1, 0.15) is 0 Å². The molecule has 94 valence electrons. The predicted octanol–water partition coefficient (Wildman–Crippen LogP) is 3.56. The fourth-order valence-corrected chi connectivity index (χ4v) is 1.47. The second-order valence-corrected chi connectivity index (χ2v) is 5.24. The largest absolute Gasteiger partial charge is 0.489 e. The zero-order valence-electron chi connectivity index (χ0n) is 9.80. The third-order valence-electron chi connectivity index (χ3n) is 2.56. The van der Waals surface area contributed by atoms with Gasteiger partial charge in [-0.1, -0.05) is 43.7 Å². The summed E-state index contributed by atoms with van der Waals surface area (Å²) in [4.78, 5) is 0.417. The molecule has 0 bridgehead atoms. The molecule has 0 radical (unpaired) electrons. The van der Waals surface area contributed by atoms with Crippen LogP contribution in [0.4, 0.5) is 4.39 Å². The van der Waals surface area contributed by atoms with Crippen LogP contribution in [0.5, 0.6) is 5.75 Å². The molecule has 2 nitrogen and oxygen atoms in total. The molecule has 0 aliphatic heterocycles. The first kappa shape index (κ1) is 14.2. The van der Waals surface area contributed by atoms with Crippen molar-refractivity contribution in [2.24, 2.45) is 11.1 Å². The van der Waals surface area contributed by atoms with Crippen LogP contribution in [0, 0.1) is 11.2 Å². The highest BCUT2D eigenvalue weighted by Crippen LogP contribution is 2.28. The number of rotatable bonds is 5. The van der Waals surface area contributed by atoms with Crippen LogP contribution in [0.15, 0.2) is 18.2 Å². The van der Waals surface area contributed by atoms with Gasteiger partial charge in [-0.15, -0.1) is 0 Å². The van der Waals surface area contributed by atoms with Crippen molar-refractivity contribution in [3.63, 3.8) is 0 Å². The molecule has 17 heavy (non-hydrogen) atoms. The van der Waals surface area contributed by atoms with Crippen molar-refractivity contribution in [1.82, 2.24) is 0 Å². The van der Waals surface area contributed by atoms with Crippen LogP contribution in [0.2, 0.25) is 5.02 Å². The molecule has 0 aromatic heterocycles. The molecular formula is C12H15ClFNOS. The third-order valence-corrected chi connectivity index (χ3v) is 3.41. The van der Waals surface area contributed by atoms with Crippen molar-refractivity contribution in [3.05, 3.63) is 29.0 Å². The summed E-state index contributed by atoms with van der Waals surface area (Å²) in [5, 5.41) is 0.262. The van der Waals surface area contributed by atoms with Gasteiger partial charge >= 0.3 is 0 Å². The van der Waals surface area contributed by atoms with Crippen LogP contribution in [0.1, 0.15) is 20.3 Å². The molecule has 0 saturated heterocycles. The lowest BCUT2D eigenvalue weighted by Crippen LogP contribution is -2.31. The van der Waals surface area contributed by atoms with Crippen molar-refractivity contribution in [2.45, 2.75) is 20.3 Å². The molecule has 1 aromatic carbocycles. The molecule has 1 aromatic rings. The van der Waals surface area contributed by atoms with E-state index in [0.717, 1.165) is 0 Å². The van der Waals surface area contributed by atoms with E-state index in [1.807, 2.05) is 13.8 Å². The monoisotopic (exact) mass is 275 g/mol. The maximum atomic E-state index is 13.4.